The predicted octanol–water partition coefficient (Wildman–Crippen LogP) is 7.42. The van der Waals surface area contributed by atoms with Gasteiger partial charge in [-0.3, -0.25) is 0 Å². The van der Waals surface area contributed by atoms with Crippen molar-refractivity contribution in [3.63, 3.8) is 0 Å². The maximum absolute atomic E-state index is 10.7. The third kappa shape index (κ3) is 29.1. The summed E-state index contributed by atoms with van der Waals surface area (Å²) in [5, 5.41) is 0. The summed E-state index contributed by atoms with van der Waals surface area (Å²) in [6, 6.07) is 18.1. The van der Waals surface area contributed by atoms with E-state index >= 15 is 0 Å². The third-order valence-corrected chi connectivity index (χ3v) is 2.68. The molecule has 0 atom stereocenters. The fourth-order valence-electron chi connectivity index (χ4n) is 1.04. The molecule has 0 aromatic heterocycles. The molecule has 0 heterocycles. The van der Waals surface area contributed by atoms with Crippen molar-refractivity contribution in [3.05, 3.63) is 60.2 Å². The van der Waals surface area contributed by atoms with Gasteiger partial charge in [0, 0.05) is 16.8 Å². The molecular weight excluding hydrogens is 412 g/mol. The Kier molecular flexibility index (Phi) is 8.82. The van der Waals surface area contributed by atoms with Crippen LogP contribution in [0.25, 0.3) is 0 Å². The summed E-state index contributed by atoms with van der Waals surface area (Å²) in [5.41, 5.74) is 4.46. The second-order valence-electron chi connectivity index (χ2n) is 5.59. The molecule has 9 heteroatoms. The topological polar surface area (TPSA) is 0 Å². The van der Waals surface area contributed by atoms with Crippen LogP contribution in [0.1, 0.15) is 5.56 Å². The summed E-state index contributed by atoms with van der Waals surface area (Å²) in [6.45, 7) is 6.76. The molecule has 0 nitrogen and oxygen atoms in total. The van der Waals surface area contributed by atoms with Crippen molar-refractivity contribution < 1.29 is 42.0 Å². The van der Waals surface area contributed by atoms with Crippen LogP contribution in [0, 0.1) is 11.5 Å². The van der Waals surface area contributed by atoms with Gasteiger partial charge < -0.3 is 30.3 Å². The maximum Gasteiger partial charge on any atom is 0 e. The number of hydrogen-bond acceptors (Lipinski definition) is 0. The monoisotopic (exact) mass is 430 g/mol. The van der Waals surface area contributed by atoms with Crippen LogP contribution in [-0.4, -0.2) is 8.07 Å². The molecular formula is C15H18CoF6PSi-7. The average molecular weight is 430 g/mol. The summed E-state index contributed by atoms with van der Waals surface area (Å²) in [7, 11) is -11.8. The van der Waals surface area contributed by atoms with Gasteiger partial charge in [0.2, 0.25) is 0 Å². The average Bonchev–Trinajstić information content (AvgIpc) is 2.98. The van der Waals surface area contributed by atoms with E-state index < -0.39 is 15.9 Å². The van der Waals surface area contributed by atoms with E-state index in [1.807, 2.05) is 54.6 Å². The molecule has 145 valence electrons. The Morgan fingerprint density at radius 3 is 1.33 bits per heavy atom. The Balaban J connectivity index is 0. The van der Waals surface area contributed by atoms with Crippen LogP contribution < -0.4 is 0 Å². The first-order valence-corrected chi connectivity index (χ1v) is 12.0. The van der Waals surface area contributed by atoms with Gasteiger partial charge in [-0.2, -0.15) is 18.1 Å². The van der Waals surface area contributed by atoms with Gasteiger partial charge in [0.1, 0.15) is 0 Å². The second-order valence-corrected chi connectivity index (χ2v) is 12.3. The van der Waals surface area contributed by atoms with Crippen molar-refractivity contribution in [2.24, 2.45) is 0 Å². The van der Waals surface area contributed by atoms with E-state index in [0.29, 0.717) is 0 Å². The first kappa shape index (κ1) is 25.2. The quantitative estimate of drug-likeness (QED) is 0.134. The molecule has 0 aliphatic rings. The number of hydrogen-bond donors (Lipinski definition) is 0. The second kappa shape index (κ2) is 8.39. The number of rotatable bonds is 0. The van der Waals surface area contributed by atoms with Crippen molar-refractivity contribution in [3.8, 4) is 11.5 Å². The molecule has 0 aliphatic heterocycles. The Hall–Kier alpha value is -1.01. The molecule has 0 saturated heterocycles. The van der Waals surface area contributed by atoms with Gasteiger partial charge in [0.25, 0.3) is 0 Å². The first-order chi connectivity index (χ1) is 10.0. The van der Waals surface area contributed by atoms with Crippen molar-refractivity contribution in [2.45, 2.75) is 19.6 Å². The van der Waals surface area contributed by atoms with E-state index in [-0.39, 0.29) is 16.8 Å². The summed E-state index contributed by atoms with van der Waals surface area (Å²) < 4.78 is 59.2. The summed E-state index contributed by atoms with van der Waals surface area (Å²) in [5.74, 6) is 3.18. The fraction of sp³-hybridized carbons (Fsp3) is 0.200. The van der Waals surface area contributed by atoms with Crippen molar-refractivity contribution in [2.75, 3.05) is 0 Å². The van der Waals surface area contributed by atoms with Gasteiger partial charge in [0.05, 0.1) is 8.07 Å². The SMILES string of the molecule is C[Si](C)(C)C#C[c-]1cccc1.F[P-](F)(F)(F)(F)F.[Co].[cH-]1[cH-][cH-][cH-][cH-]1. The third-order valence-electron chi connectivity index (χ3n) is 1.80. The van der Waals surface area contributed by atoms with E-state index in [1.165, 1.54) is 0 Å². The Labute approximate surface area is 149 Å². The van der Waals surface area contributed by atoms with Gasteiger partial charge in [-0.25, -0.2) is 5.54 Å². The molecule has 0 bridgehead atoms. The largest absolute Gasteiger partial charge is 0.748 e. The van der Waals surface area contributed by atoms with Gasteiger partial charge in [-0.1, -0.05) is 25.2 Å². The predicted molar refractivity (Wildman–Crippen MR) is 87.9 cm³/mol. The molecule has 24 heavy (non-hydrogen) atoms. The van der Waals surface area contributed by atoms with Gasteiger partial charge in [-0.15, -0.1) is 12.1 Å². The Bertz CT molecular complexity index is 585. The molecule has 0 saturated carbocycles. The molecule has 0 spiro atoms. The zero-order valence-corrected chi connectivity index (χ0v) is 16.2. The van der Waals surface area contributed by atoms with Crippen LogP contribution in [-0.2, 0) is 16.8 Å². The van der Waals surface area contributed by atoms with Crippen LogP contribution >= 0.6 is 7.81 Å². The van der Waals surface area contributed by atoms with Crippen molar-refractivity contribution >= 4 is 15.9 Å². The molecule has 1 radical (unpaired) electrons. The minimum absolute atomic E-state index is 0. The van der Waals surface area contributed by atoms with E-state index in [2.05, 4.69) is 31.1 Å². The van der Waals surface area contributed by atoms with E-state index in [0.717, 1.165) is 5.56 Å². The summed E-state index contributed by atoms with van der Waals surface area (Å²) in [6.07, 6.45) is 0. The van der Waals surface area contributed by atoms with Crippen molar-refractivity contribution in [1.82, 2.24) is 0 Å². The smallest absolute Gasteiger partial charge is 0 e. The molecule has 0 aliphatic carbocycles. The molecule has 2 rings (SSSR count). The van der Waals surface area contributed by atoms with E-state index in [4.69, 9.17) is 0 Å². The first-order valence-electron chi connectivity index (χ1n) is 6.51. The number of halogens is 6. The van der Waals surface area contributed by atoms with Gasteiger partial charge in [0.15, 0.2) is 0 Å². The van der Waals surface area contributed by atoms with Crippen LogP contribution in [0.2, 0.25) is 19.6 Å². The molecule has 0 unspecified atom stereocenters. The van der Waals surface area contributed by atoms with Crippen LogP contribution in [0.4, 0.5) is 25.2 Å². The van der Waals surface area contributed by atoms with E-state index in [1.54, 1.807) is 0 Å². The maximum atomic E-state index is 9.87. The normalized spacial score (nSPS) is 13.2. The minimum atomic E-state index is -10.7. The Morgan fingerprint density at radius 2 is 1.08 bits per heavy atom. The Morgan fingerprint density at radius 1 is 0.792 bits per heavy atom. The van der Waals surface area contributed by atoms with Crippen LogP contribution in [0.15, 0.2) is 54.6 Å². The fourth-order valence-corrected chi connectivity index (χ4v) is 1.56. The molecule has 2 aromatic carbocycles. The van der Waals surface area contributed by atoms with E-state index in [9.17, 15) is 25.2 Å². The zero-order valence-electron chi connectivity index (χ0n) is 13.2. The zero-order chi connectivity index (χ0) is 18.3. The van der Waals surface area contributed by atoms with Gasteiger partial charge in [-0.05, 0) is 0 Å². The van der Waals surface area contributed by atoms with Crippen LogP contribution in [0.3, 0.4) is 0 Å². The summed E-state index contributed by atoms with van der Waals surface area (Å²) >= 11 is 0. The molecule has 2 aromatic rings. The molecule has 0 amide bonds. The van der Waals surface area contributed by atoms with Gasteiger partial charge >= 0.3 is 33.0 Å². The van der Waals surface area contributed by atoms with Crippen LogP contribution in [0.5, 0.6) is 0 Å². The minimum Gasteiger partial charge on any atom is -0.748 e. The standard InChI is InChI=1S/C10H13Si.C5H5.Co.F6P/c1-11(2,3)9-8-10-6-4-5-7-10;1-2-4-5-3-1;;1-7(2,3,4,5)6/h4-7H,1-3H3;1-5H;;/q-1;-5;;-1. The molecule has 0 fully saturated rings. The summed E-state index contributed by atoms with van der Waals surface area (Å²) in [4.78, 5) is 0. The molecule has 0 N–H and O–H groups in total. The van der Waals surface area contributed by atoms with Crippen molar-refractivity contribution in [1.29, 1.82) is 0 Å².